The van der Waals surface area contributed by atoms with Crippen LogP contribution < -0.4 is 0 Å². The van der Waals surface area contributed by atoms with Crippen LogP contribution in [0.15, 0.2) is 16.7 Å². The van der Waals surface area contributed by atoms with Gasteiger partial charge < -0.3 is 19.2 Å². The monoisotopic (exact) mass is 331 g/mol. The van der Waals surface area contributed by atoms with Crippen molar-refractivity contribution in [2.45, 2.75) is 27.2 Å². The number of aliphatic hydroxyl groups is 1. The predicted octanol–water partition coefficient (Wildman–Crippen LogP) is 2.37. The lowest BCUT2D eigenvalue weighted by Gasteiger charge is -2.22. The Labute approximate surface area is 142 Å². The Bertz CT molecular complexity index is 749. The molecule has 1 aliphatic heterocycles. The second kappa shape index (κ2) is 6.95. The molecule has 0 spiro atoms. The van der Waals surface area contributed by atoms with Crippen LogP contribution in [0.1, 0.15) is 22.3 Å². The number of nitrogens with zero attached hydrogens (tertiary/aromatic N) is 1. The summed E-state index contributed by atoms with van der Waals surface area (Å²) in [4.78, 5) is 14.5. The van der Waals surface area contributed by atoms with Crippen LogP contribution in [-0.4, -0.2) is 48.8 Å². The van der Waals surface area contributed by atoms with Crippen LogP contribution >= 0.6 is 0 Å². The maximum absolute atomic E-state index is 12.7. The van der Waals surface area contributed by atoms with Crippen molar-refractivity contribution in [1.82, 2.24) is 4.90 Å². The highest BCUT2D eigenvalue weighted by molar-refractivity contribution is 5.91. The van der Waals surface area contributed by atoms with Crippen molar-refractivity contribution in [2.24, 2.45) is 5.92 Å². The van der Waals surface area contributed by atoms with Crippen LogP contribution in [-0.2, 0) is 16.0 Å². The number of hydrogen-bond donors (Lipinski definition) is 1. The van der Waals surface area contributed by atoms with Crippen LogP contribution in [0.3, 0.4) is 0 Å². The number of benzene rings is 1. The van der Waals surface area contributed by atoms with Crippen molar-refractivity contribution >= 4 is 16.9 Å². The van der Waals surface area contributed by atoms with Gasteiger partial charge in [-0.05, 0) is 37.5 Å². The van der Waals surface area contributed by atoms with E-state index in [2.05, 4.69) is 19.9 Å². The Hall–Kier alpha value is -1.85. The third kappa shape index (κ3) is 3.19. The van der Waals surface area contributed by atoms with E-state index in [4.69, 9.17) is 9.15 Å². The fraction of sp³-hybridized carbons (Fsp3) is 0.526. The Morgan fingerprint density at radius 3 is 2.88 bits per heavy atom. The molecule has 0 radical (unpaired) electrons. The largest absolute Gasteiger partial charge is 0.464 e. The minimum Gasteiger partial charge on any atom is -0.464 e. The molecule has 2 heterocycles. The molecule has 0 bridgehead atoms. The van der Waals surface area contributed by atoms with E-state index in [9.17, 15) is 9.90 Å². The Kier molecular flexibility index (Phi) is 4.92. The van der Waals surface area contributed by atoms with Crippen LogP contribution in [0.25, 0.3) is 11.0 Å². The molecule has 24 heavy (non-hydrogen) atoms. The summed E-state index contributed by atoms with van der Waals surface area (Å²) in [6.45, 7) is 8.35. The van der Waals surface area contributed by atoms with Gasteiger partial charge in [-0.3, -0.25) is 4.79 Å². The number of aryl methyl sites for hydroxylation is 3. The molecule has 1 aliphatic rings. The summed E-state index contributed by atoms with van der Waals surface area (Å²) >= 11 is 0. The molecule has 5 heteroatoms. The van der Waals surface area contributed by atoms with Crippen molar-refractivity contribution in [3.63, 3.8) is 0 Å². The molecule has 2 aromatic rings. The molecule has 3 rings (SSSR count). The second-order valence-electron chi connectivity index (χ2n) is 6.74. The zero-order valence-corrected chi connectivity index (χ0v) is 14.6. The van der Waals surface area contributed by atoms with E-state index in [1.165, 1.54) is 5.56 Å². The van der Waals surface area contributed by atoms with E-state index in [-0.39, 0.29) is 18.4 Å². The van der Waals surface area contributed by atoms with Crippen LogP contribution in [0.2, 0.25) is 0 Å². The molecule has 1 N–H and O–H groups in total. The van der Waals surface area contributed by atoms with Gasteiger partial charge in [-0.25, -0.2) is 0 Å². The van der Waals surface area contributed by atoms with E-state index in [0.717, 1.165) is 27.7 Å². The standard InChI is InChI=1S/C19H25NO4/c1-12-6-13(2)18-16(11-24-19(18)14(12)3)7-17(22)20-4-5-23-10-15(8-20)9-21/h6,11,15,21H,4-5,7-10H2,1-3H3/t15-/m1/s1. The molecule has 1 atom stereocenters. The summed E-state index contributed by atoms with van der Waals surface area (Å²) < 4.78 is 11.2. The van der Waals surface area contributed by atoms with Crippen molar-refractivity contribution in [3.8, 4) is 0 Å². The van der Waals surface area contributed by atoms with Gasteiger partial charge in [-0.1, -0.05) is 6.07 Å². The molecule has 5 nitrogen and oxygen atoms in total. The van der Waals surface area contributed by atoms with Gasteiger partial charge in [-0.15, -0.1) is 0 Å². The summed E-state index contributed by atoms with van der Waals surface area (Å²) in [6, 6.07) is 2.14. The number of ether oxygens (including phenoxy) is 1. The quantitative estimate of drug-likeness (QED) is 0.938. The third-order valence-corrected chi connectivity index (χ3v) is 4.92. The zero-order valence-electron chi connectivity index (χ0n) is 14.6. The van der Waals surface area contributed by atoms with Crippen molar-refractivity contribution in [3.05, 3.63) is 34.6 Å². The minimum atomic E-state index is -0.0100. The molecule has 0 saturated carbocycles. The summed E-state index contributed by atoms with van der Waals surface area (Å²) in [6.07, 6.45) is 2.02. The number of furan rings is 1. The first-order chi connectivity index (χ1) is 11.5. The number of carbonyl (C=O) groups excluding carboxylic acids is 1. The highest BCUT2D eigenvalue weighted by Gasteiger charge is 2.23. The molecular formula is C19H25NO4. The molecule has 1 saturated heterocycles. The van der Waals surface area contributed by atoms with Gasteiger partial charge in [0.1, 0.15) is 5.58 Å². The molecular weight excluding hydrogens is 306 g/mol. The fourth-order valence-electron chi connectivity index (χ4n) is 3.41. The average molecular weight is 331 g/mol. The summed E-state index contributed by atoms with van der Waals surface area (Å²) in [5, 5.41) is 10.4. The summed E-state index contributed by atoms with van der Waals surface area (Å²) in [5.74, 6) is 0.0449. The maximum Gasteiger partial charge on any atom is 0.227 e. The topological polar surface area (TPSA) is 62.9 Å². The molecule has 1 amide bonds. The van der Waals surface area contributed by atoms with Crippen molar-refractivity contribution in [1.29, 1.82) is 0 Å². The van der Waals surface area contributed by atoms with E-state index in [1.54, 1.807) is 11.2 Å². The molecule has 1 fully saturated rings. The van der Waals surface area contributed by atoms with E-state index in [0.29, 0.717) is 32.7 Å². The lowest BCUT2D eigenvalue weighted by Crippen LogP contribution is -2.37. The first kappa shape index (κ1) is 17.0. The first-order valence-electron chi connectivity index (χ1n) is 8.44. The average Bonchev–Trinajstić information content (AvgIpc) is 2.82. The van der Waals surface area contributed by atoms with E-state index >= 15 is 0 Å². The van der Waals surface area contributed by atoms with E-state index < -0.39 is 0 Å². The minimum absolute atomic E-state index is 0.0100. The van der Waals surface area contributed by atoms with Gasteiger partial charge in [0.15, 0.2) is 0 Å². The second-order valence-corrected chi connectivity index (χ2v) is 6.74. The van der Waals surface area contributed by atoms with Crippen LogP contribution in [0.4, 0.5) is 0 Å². The Morgan fingerprint density at radius 1 is 1.33 bits per heavy atom. The highest BCUT2D eigenvalue weighted by Crippen LogP contribution is 2.30. The molecule has 130 valence electrons. The van der Waals surface area contributed by atoms with Gasteiger partial charge in [0.25, 0.3) is 0 Å². The number of amides is 1. The van der Waals surface area contributed by atoms with Crippen molar-refractivity contribution < 1.29 is 19.1 Å². The molecule has 1 aromatic heterocycles. The fourth-order valence-corrected chi connectivity index (χ4v) is 3.41. The van der Waals surface area contributed by atoms with Crippen molar-refractivity contribution in [2.75, 3.05) is 32.9 Å². The molecule has 0 unspecified atom stereocenters. The molecule has 0 aliphatic carbocycles. The molecule has 1 aromatic carbocycles. The number of fused-ring (bicyclic) bond motifs is 1. The van der Waals surface area contributed by atoms with Gasteiger partial charge in [0.2, 0.25) is 5.91 Å². The number of carbonyl (C=O) groups is 1. The van der Waals surface area contributed by atoms with Gasteiger partial charge >= 0.3 is 0 Å². The lowest BCUT2D eigenvalue weighted by atomic mass is 9.98. The van der Waals surface area contributed by atoms with Gasteiger partial charge in [-0.2, -0.15) is 0 Å². The lowest BCUT2D eigenvalue weighted by molar-refractivity contribution is -0.131. The number of rotatable bonds is 3. The Balaban J connectivity index is 1.84. The summed E-state index contributed by atoms with van der Waals surface area (Å²) in [5.41, 5.74) is 5.27. The van der Waals surface area contributed by atoms with Gasteiger partial charge in [0, 0.05) is 36.6 Å². The zero-order chi connectivity index (χ0) is 17.3. The SMILES string of the molecule is Cc1cc(C)c2c(CC(=O)N3CCOC[C@@H](CO)C3)coc2c1C. The van der Waals surface area contributed by atoms with Crippen LogP contribution in [0, 0.1) is 26.7 Å². The highest BCUT2D eigenvalue weighted by atomic mass is 16.5. The van der Waals surface area contributed by atoms with Gasteiger partial charge in [0.05, 0.1) is 25.9 Å². The number of aliphatic hydroxyl groups excluding tert-OH is 1. The van der Waals surface area contributed by atoms with Crippen LogP contribution in [0.5, 0.6) is 0 Å². The number of hydrogen-bond acceptors (Lipinski definition) is 4. The summed E-state index contributed by atoms with van der Waals surface area (Å²) in [7, 11) is 0. The first-order valence-corrected chi connectivity index (χ1v) is 8.44. The third-order valence-electron chi connectivity index (χ3n) is 4.92. The smallest absolute Gasteiger partial charge is 0.227 e. The maximum atomic E-state index is 12.7. The normalized spacial score (nSPS) is 18.8. The predicted molar refractivity (Wildman–Crippen MR) is 92.1 cm³/mol. The van der Waals surface area contributed by atoms with E-state index in [1.807, 2.05) is 6.92 Å². The Morgan fingerprint density at radius 2 is 2.12 bits per heavy atom.